The minimum absolute atomic E-state index is 0. The standard InChI is InChI=1S/C26H40N4O4S.C24H46N2O4.C20H37N3.C11H12N4O4S.C6H4ClNO4S.C5H9N3.3IS.9HI.4V/c31-30(32)25-16-10-11-17-26(25)35(33,34)28-19-18-24-21-29(22-27-24)20-12-5-3-1-2-4-7-13-23-14-8-6-9-15-23;1-8-9-13-17-25(21(27)29-23(2,3)4)18-14-19-26(20-15-11-10-12-16-20)22(28)30-24(5,6)7;21-15-14-20-17-23(18-22-20)16-10-5-3-1-2-4-7-11-19-12-8-6-9-13-19;16-15(17)10-3-1-2-4-11(10)20(18,19)14-6-5-9-7-12-8-13-9;7-13(11,12)6-4-2-1-3-5(6)8(9)10;6-2-1-5-3-7-4-8-5;3*1-2;;;;;;;;;;;;;/h10-11,16-17,21-23,28H,1-9,12-15,18-20H2;20H,8-19H2,1-7H3;17-19H,1-16,21H2;1-4,7-8,14H,5-6H2,(H,12,13);1-4H;3-4H,1-2,6H2,(H,7,8);;;;9*1H;;;;/q;;;;;;3*-1;;;;;;;;;;;+2;+3;+4/p-9. The Bertz CT molecular complexity index is 4920. The van der Waals surface area contributed by atoms with Crippen LogP contribution < -0.4 is 20.9 Å². The van der Waals surface area contributed by atoms with Crippen LogP contribution in [0.2, 0.25) is 0 Å². The maximum atomic E-state index is 12.9. The number of rotatable bonds is 47. The molecule has 0 saturated heterocycles. The molecule has 0 bridgehead atoms. The number of amides is 2. The molecule has 2 amide bonds. The first-order valence-electron chi connectivity index (χ1n) is 48.6. The quantitative estimate of drug-likeness (QED) is 0.00515. The molecule has 33 nitrogen and oxygen atoms in total. The summed E-state index contributed by atoms with van der Waals surface area (Å²) in [6, 6.07) is 15.7. The van der Waals surface area contributed by atoms with Crippen molar-refractivity contribution in [1.29, 1.82) is 0 Å². The maximum Gasteiger partial charge on any atom is 0 e. The van der Waals surface area contributed by atoms with Crippen molar-refractivity contribution < 1.29 is 92.4 Å². The molecule has 1 radical (unpaired) electrons. The third-order valence-electron chi connectivity index (χ3n) is 22.3. The predicted molar refractivity (Wildman–Crippen MR) is 696 cm³/mol. The average molecular weight is 3700 g/mol. The summed E-state index contributed by atoms with van der Waals surface area (Å²) in [6.45, 7) is 19.1. The number of nitrogens with two attached hydrogens (primary N) is 2. The molecule has 3 aliphatic rings. The van der Waals surface area contributed by atoms with Gasteiger partial charge in [-0.1, -0.05) is 230 Å². The number of aromatic nitrogens is 8. The summed E-state index contributed by atoms with van der Waals surface area (Å²) in [7, 11) is 5.84. The first kappa shape index (κ1) is 155. The number of nitrogens with one attached hydrogen (secondary N) is 4. The van der Waals surface area contributed by atoms with Gasteiger partial charge in [0.05, 0.1) is 51.5 Å². The van der Waals surface area contributed by atoms with Gasteiger partial charge < -0.3 is 79.2 Å². The molecule has 56 heteroatoms. The number of halogens is 13. The molecular formula is C92H148ClI12N17O16S6V4-3. The summed E-state index contributed by atoms with van der Waals surface area (Å²) in [5, 5.41) is 32.3. The van der Waals surface area contributed by atoms with Gasteiger partial charge in [-0.3, -0.25) is 94.0 Å². The van der Waals surface area contributed by atoms with Crippen LogP contribution in [0.25, 0.3) is 0 Å². The van der Waals surface area contributed by atoms with Crippen molar-refractivity contribution in [3.8, 4) is 0 Å². The molecular weight excluding hydrogens is 3550 g/mol. The molecule has 0 spiro atoms. The normalized spacial score (nSPS) is 13.1. The van der Waals surface area contributed by atoms with Crippen molar-refractivity contribution in [2.75, 3.05) is 45.8 Å². The number of hydrogen-bond donors (Lipinski definition) is 6. The van der Waals surface area contributed by atoms with E-state index in [0.29, 0.717) is 55.0 Å². The zero-order valence-electron chi connectivity index (χ0n) is 85.0. The summed E-state index contributed by atoms with van der Waals surface area (Å²) in [4.78, 5) is 80.1. The van der Waals surface area contributed by atoms with Gasteiger partial charge >= 0.3 is 207 Å². The Morgan fingerprint density at radius 1 is 0.514 bits per heavy atom. The fourth-order valence-electron chi connectivity index (χ4n) is 15.7. The molecule has 3 aliphatic carbocycles. The van der Waals surface area contributed by atoms with E-state index in [4.69, 9.17) is 31.6 Å². The molecule has 3 saturated carbocycles. The second-order valence-corrected chi connectivity index (χ2v) is 160. The number of imidazole rings is 4. The number of unbranched alkanes of at least 4 members (excludes halogenated alkanes) is 14. The predicted octanol–water partition coefficient (Wildman–Crippen LogP) is 30.4. The number of nitrogens with zero attached hydrogens (tertiary/aromatic N) is 11. The van der Waals surface area contributed by atoms with Crippen LogP contribution in [0.4, 0.5) is 26.7 Å². The molecule has 7 aromatic rings. The van der Waals surface area contributed by atoms with Gasteiger partial charge in [0.25, 0.3) is 26.1 Å². The molecule has 0 unspecified atom stereocenters. The number of nitro groups is 3. The molecule has 148 heavy (non-hydrogen) atoms. The van der Waals surface area contributed by atoms with Crippen molar-refractivity contribution in [2.45, 2.75) is 344 Å². The van der Waals surface area contributed by atoms with E-state index in [9.17, 15) is 65.2 Å². The SMILES string of the molecule is CCCCCN(CCCN(C(=O)OC(C)(C)C)C1CCCCC1)C(=O)OC(C)(C)C.NCCc1cn(CCCCCCCCCC2CCCCC2)cn1.NCCc1cnc[nH]1.O=[N+]([O-])c1ccccc1S(=O)(=O)Cl.O=[N+]([O-])c1ccccc1S(=O)(=O)NCCc1cn(CCCCCCCCCC2CCCCC2)cn1.O=[N+]([O-])c1ccccc1S(=O)(=O)NCCc1cnc[nH]1.[I][V]([I])([I])[I].[I][V]([I])[I].[I][V][I].[S-]I.[S-]I.[S-]I.[V]. The van der Waals surface area contributed by atoms with Gasteiger partial charge in [0, 0.05) is 161 Å². The molecule has 4 heterocycles. The van der Waals surface area contributed by atoms with Crippen LogP contribution in [0.1, 0.15) is 296 Å². The van der Waals surface area contributed by atoms with Crippen LogP contribution in [0.5, 0.6) is 0 Å². The van der Waals surface area contributed by atoms with Gasteiger partial charge in [-0.25, -0.2) is 64.2 Å². The number of benzene rings is 3. The molecule has 8 N–H and O–H groups in total. The van der Waals surface area contributed by atoms with Crippen molar-refractivity contribution >= 4 is 342 Å². The zero-order valence-corrected chi connectivity index (χ0v) is 122. The van der Waals surface area contributed by atoms with E-state index in [1.54, 1.807) is 93.6 Å². The minimum Gasteiger partial charge on any atom is -0.713 e. The van der Waals surface area contributed by atoms with Gasteiger partial charge in [-0.05, 0) is 123 Å². The summed E-state index contributed by atoms with van der Waals surface area (Å²) in [6.07, 6.45) is 62.6. The molecule has 3 aromatic carbocycles. The Hall–Kier alpha value is 3.37. The first-order valence-corrected chi connectivity index (χ1v) is 103. The van der Waals surface area contributed by atoms with Gasteiger partial charge in [0.1, 0.15) is 11.2 Å². The van der Waals surface area contributed by atoms with E-state index in [2.05, 4.69) is 271 Å². The Kier molecular flexibility index (Phi) is 100. The minimum atomic E-state index is -4.05. The average Bonchev–Trinajstić information content (AvgIpc) is 1.69. The third kappa shape index (κ3) is 82.7. The molecule has 4 aromatic heterocycles. The van der Waals surface area contributed by atoms with E-state index < -0.39 is 77.4 Å². The number of aromatic amines is 2. The van der Waals surface area contributed by atoms with Gasteiger partial charge in [-0.15, -0.1) is 0 Å². The van der Waals surface area contributed by atoms with Crippen LogP contribution in [-0.2, 0) is 140 Å². The van der Waals surface area contributed by atoms with Crippen LogP contribution in [0.15, 0.2) is 138 Å². The summed E-state index contributed by atoms with van der Waals surface area (Å²) < 4.78 is 90.0. The second kappa shape index (κ2) is 95.6. The fourth-order valence-corrected chi connectivity index (χ4v) is 19.1. The summed E-state index contributed by atoms with van der Waals surface area (Å²) in [5.41, 5.74) is 12.2. The third-order valence-corrected chi connectivity index (χ3v) is 26.7. The second-order valence-electron chi connectivity index (χ2n) is 36.0. The number of aryl methyl sites for hydroxylation is 2. The molecule has 847 valence electrons. The van der Waals surface area contributed by atoms with Crippen molar-refractivity contribution in [3.05, 3.63) is 176 Å². The fraction of sp³-hybridized carbons (Fsp3) is 0.652. The first-order chi connectivity index (χ1) is 69.8. The monoisotopic (exact) mass is 3700 g/mol. The number of carbonyl (C=O) groups excluding carboxylic acids is 2. The summed E-state index contributed by atoms with van der Waals surface area (Å²) >= 11 is 27.4. The van der Waals surface area contributed by atoms with Crippen molar-refractivity contribution in [3.63, 3.8) is 0 Å². The van der Waals surface area contributed by atoms with E-state index in [1.165, 1.54) is 228 Å². The Morgan fingerprint density at radius 2 is 0.845 bits per heavy atom. The molecule has 0 atom stereocenters. The van der Waals surface area contributed by atoms with Gasteiger partial charge in [0.15, 0.2) is 14.7 Å². The maximum absolute atomic E-state index is 12.9. The Labute approximate surface area is 1060 Å². The van der Waals surface area contributed by atoms with Crippen LogP contribution >= 0.6 is 254 Å². The topological polar surface area (TPSA) is 460 Å². The van der Waals surface area contributed by atoms with E-state index >= 15 is 0 Å². The molecule has 3 fully saturated rings. The van der Waals surface area contributed by atoms with Crippen molar-refractivity contribution in [1.82, 2.24) is 58.3 Å². The number of sulfonamides is 2. The number of nitro benzene ring substituents is 3. The van der Waals surface area contributed by atoms with Crippen LogP contribution in [-0.4, -0.2) is 164 Å². The van der Waals surface area contributed by atoms with Crippen molar-refractivity contribution in [2.24, 2.45) is 23.3 Å². The largest absolute Gasteiger partial charge is 0.713 e. The zero-order chi connectivity index (χ0) is 111. The smallest absolute Gasteiger partial charge is 0 e. The number of hydrogen-bond acceptors (Lipinski definition) is 25. The van der Waals surface area contributed by atoms with E-state index in [0.717, 1.165) is 137 Å². The number of H-pyrrole nitrogens is 2. The Balaban J connectivity index is -0.00000170. The number of ether oxygens (including phenoxy) is 2. The van der Waals surface area contributed by atoms with Crippen LogP contribution in [0.3, 0.4) is 0 Å². The number of para-hydroxylation sites is 3. The number of carbonyl (C=O) groups is 2. The van der Waals surface area contributed by atoms with Gasteiger partial charge in [0.2, 0.25) is 20.0 Å². The Morgan fingerprint density at radius 3 is 1.20 bits per heavy atom. The van der Waals surface area contributed by atoms with Crippen LogP contribution in [0, 0.1) is 42.2 Å². The van der Waals surface area contributed by atoms with Gasteiger partial charge in [-0.2, -0.15) is 0 Å². The molecule has 0 aliphatic heterocycles. The van der Waals surface area contributed by atoms with E-state index in [-0.39, 0.29) is 64.6 Å². The molecule has 10 rings (SSSR count). The summed E-state index contributed by atoms with van der Waals surface area (Å²) in [5.74, 6) is 2.08. The van der Waals surface area contributed by atoms with E-state index in [1.807, 2.05) is 59.0 Å².